The van der Waals surface area contributed by atoms with Gasteiger partial charge < -0.3 is 5.32 Å². The molecule has 1 N–H and O–H groups in total. The minimum atomic E-state index is -0.0721. The van der Waals surface area contributed by atoms with Gasteiger partial charge in [-0.1, -0.05) is 91.9 Å². The molecule has 0 bridgehead atoms. The maximum absolute atomic E-state index is 13.1. The summed E-state index contributed by atoms with van der Waals surface area (Å²) >= 11 is 0. The second-order valence-corrected chi connectivity index (χ2v) is 6.63. The van der Waals surface area contributed by atoms with Gasteiger partial charge in [0, 0.05) is 5.57 Å². The molecule has 2 nitrogen and oxygen atoms in total. The van der Waals surface area contributed by atoms with E-state index in [1.54, 1.807) is 0 Å². The van der Waals surface area contributed by atoms with E-state index in [4.69, 9.17) is 0 Å². The fraction of sp³-hybridized carbons (Fsp3) is 0.160. The molecule has 136 valence electrons. The van der Waals surface area contributed by atoms with Gasteiger partial charge in [0.15, 0.2) is 0 Å². The first kappa shape index (κ1) is 18.7. The normalized spacial score (nSPS) is 12.4. The lowest BCUT2D eigenvalue weighted by Gasteiger charge is -2.17. The molecule has 3 aromatic rings. The SMILES string of the molecule is CCc1ccc(C(C)NC(=O)/C(=C/c2ccccc2)c2ccccc2)cc1. The summed E-state index contributed by atoms with van der Waals surface area (Å²) < 4.78 is 0. The average Bonchev–Trinajstić information content (AvgIpc) is 2.73. The zero-order valence-corrected chi connectivity index (χ0v) is 15.9. The number of rotatable bonds is 6. The van der Waals surface area contributed by atoms with Crippen LogP contribution in [0.2, 0.25) is 0 Å². The van der Waals surface area contributed by atoms with Crippen molar-refractivity contribution in [1.29, 1.82) is 0 Å². The van der Waals surface area contributed by atoms with Gasteiger partial charge in [-0.15, -0.1) is 0 Å². The predicted octanol–water partition coefficient (Wildman–Crippen LogP) is 5.67. The van der Waals surface area contributed by atoms with Crippen molar-refractivity contribution in [1.82, 2.24) is 5.32 Å². The van der Waals surface area contributed by atoms with E-state index in [9.17, 15) is 4.79 Å². The highest BCUT2D eigenvalue weighted by atomic mass is 16.1. The minimum Gasteiger partial charge on any atom is -0.345 e. The van der Waals surface area contributed by atoms with E-state index in [1.807, 2.05) is 73.7 Å². The molecule has 3 rings (SSSR count). The summed E-state index contributed by atoms with van der Waals surface area (Å²) in [4.78, 5) is 13.1. The molecule has 0 aliphatic heterocycles. The summed E-state index contributed by atoms with van der Waals surface area (Å²) in [6.45, 7) is 4.16. The van der Waals surface area contributed by atoms with Crippen LogP contribution in [0.3, 0.4) is 0 Å². The van der Waals surface area contributed by atoms with Gasteiger partial charge in [0.05, 0.1) is 6.04 Å². The highest BCUT2D eigenvalue weighted by molar-refractivity contribution is 6.24. The summed E-state index contributed by atoms with van der Waals surface area (Å²) in [5.41, 5.74) is 4.98. The van der Waals surface area contributed by atoms with E-state index in [2.05, 4.69) is 36.5 Å². The molecule has 3 aromatic carbocycles. The van der Waals surface area contributed by atoms with E-state index >= 15 is 0 Å². The van der Waals surface area contributed by atoms with Crippen molar-refractivity contribution in [3.05, 3.63) is 107 Å². The second kappa shape index (κ2) is 9.00. The Morgan fingerprint density at radius 2 is 1.48 bits per heavy atom. The van der Waals surface area contributed by atoms with Crippen molar-refractivity contribution in [2.24, 2.45) is 0 Å². The van der Waals surface area contributed by atoms with Gasteiger partial charge in [-0.2, -0.15) is 0 Å². The fourth-order valence-corrected chi connectivity index (χ4v) is 3.01. The van der Waals surface area contributed by atoms with Gasteiger partial charge in [-0.3, -0.25) is 4.79 Å². The van der Waals surface area contributed by atoms with Crippen LogP contribution in [0.5, 0.6) is 0 Å². The highest BCUT2D eigenvalue weighted by Crippen LogP contribution is 2.21. The Kier molecular flexibility index (Phi) is 6.22. The Labute approximate surface area is 161 Å². The third kappa shape index (κ3) is 4.95. The molecule has 0 aromatic heterocycles. The smallest absolute Gasteiger partial charge is 0.252 e. The Balaban J connectivity index is 1.85. The Bertz CT molecular complexity index is 896. The summed E-state index contributed by atoms with van der Waals surface area (Å²) in [6.07, 6.45) is 2.95. The molecular weight excluding hydrogens is 330 g/mol. The highest BCUT2D eigenvalue weighted by Gasteiger charge is 2.15. The van der Waals surface area contributed by atoms with Gasteiger partial charge in [-0.05, 0) is 41.7 Å². The molecule has 27 heavy (non-hydrogen) atoms. The maximum atomic E-state index is 13.1. The zero-order valence-electron chi connectivity index (χ0n) is 15.9. The van der Waals surface area contributed by atoms with Crippen molar-refractivity contribution in [2.45, 2.75) is 26.3 Å². The lowest BCUT2D eigenvalue weighted by Crippen LogP contribution is -2.27. The quantitative estimate of drug-likeness (QED) is 0.448. The maximum Gasteiger partial charge on any atom is 0.252 e. The molecule has 1 amide bonds. The lowest BCUT2D eigenvalue weighted by molar-refractivity contribution is -0.116. The van der Waals surface area contributed by atoms with Gasteiger partial charge in [0.25, 0.3) is 5.91 Å². The Hall–Kier alpha value is -3.13. The summed E-state index contributed by atoms with van der Waals surface area (Å²) in [5, 5.41) is 3.15. The number of carbonyl (C=O) groups excluding carboxylic acids is 1. The second-order valence-electron chi connectivity index (χ2n) is 6.63. The zero-order chi connectivity index (χ0) is 19.1. The number of benzene rings is 3. The van der Waals surface area contributed by atoms with Crippen molar-refractivity contribution in [3.8, 4) is 0 Å². The van der Waals surface area contributed by atoms with Crippen LogP contribution in [0.15, 0.2) is 84.9 Å². The molecule has 0 aliphatic rings. The monoisotopic (exact) mass is 355 g/mol. The fourth-order valence-electron chi connectivity index (χ4n) is 3.01. The van der Waals surface area contributed by atoms with Crippen LogP contribution >= 0.6 is 0 Å². The van der Waals surface area contributed by atoms with E-state index < -0.39 is 0 Å². The van der Waals surface area contributed by atoms with Crippen molar-refractivity contribution in [2.75, 3.05) is 0 Å². The Morgan fingerprint density at radius 3 is 2.07 bits per heavy atom. The molecule has 0 radical (unpaired) electrons. The molecule has 2 heteroatoms. The molecule has 0 aliphatic carbocycles. The van der Waals surface area contributed by atoms with Gasteiger partial charge in [-0.25, -0.2) is 0 Å². The first-order valence-electron chi connectivity index (χ1n) is 9.39. The molecule has 0 saturated heterocycles. The molecule has 0 heterocycles. The molecule has 0 spiro atoms. The molecule has 1 atom stereocenters. The third-order valence-corrected chi connectivity index (χ3v) is 4.68. The number of aryl methyl sites for hydroxylation is 1. The Morgan fingerprint density at radius 1 is 0.889 bits per heavy atom. The minimum absolute atomic E-state index is 0.0636. The number of amides is 1. The largest absolute Gasteiger partial charge is 0.345 e. The van der Waals surface area contributed by atoms with Crippen LogP contribution in [0, 0.1) is 0 Å². The van der Waals surface area contributed by atoms with E-state index in [0.717, 1.165) is 23.1 Å². The predicted molar refractivity (Wildman–Crippen MR) is 113 cm³/mol. The van der Waals surface area contributed by atoms with Crippen molar-refractivity contribution < 1.29 is 4.79 Å². The first-order chi connectivity index (χ1) is 13.2. The molecule has 1 unspecified atom stereocenters. The van der Waals surface area contributed by atoms with Crippen molar-refractivity contribution >= 4 is 17.6 Å². The van der Waals surface area contributed by atoms with Gasteiger partial charge in [0.1, 0.15) is 0 Å². The van der Waals surface area contributed by atoms with Crippen LogP contribution in [0.1, 0.15) is 42.1 Å². The first-order valence-corrected chi connectivity index (χ1v) is 9.39. The van der Waals surface area contributed by atoms with Crippen LogP contribution < -0.4 is 5.32 Å². The van der Waals surface area contributed by atoms with Gasteiger partial charge in [0.2, 0.25) is 0 Å². The summed E-state index contributed by atoms with van der Waals surface area (Å²) in [5.74, 6) is -0.0721. The van der Waals surface area contributed by atoms with Crippen LogP contribution in [0.25, 0.3) is 11.6 Å². The number of nitrogens with one attached hydrogen (secondary N) is 1. The number of carbonyl (C=O) groups is 1. The summed E-state index contributed by atoms with van der Waals surface area (Å²) in [7, 11) is 0. The van der Waals surface area contributed by atoms with E-state index in [1.165, 1.54) is 5.56 Å². The van der Waals surface area contributed by atoms with E-state index in [0.29, 0.717) is 5.57 Å². The average molecular weight is 355 g/mol. The van der Waals surface area contributed by atoms with Crippen LogP contribution in [0.4, 0.5) is 0 Å². The molecule has 0 fully saturated rings. The number of hydrogen-bond donors (Lipinski definition) is 1. The molecular formula is C25H25NO. The van der Waals surface area contributed by atoms with Crippen LogP contribution in [-0.2, 0) is 11.2 Å². The van der Waals surface area contributed by atoms with Crippen LogP contribution in [-0.4, -0.2) is 5.91 Å². The van der Waals surface area contributed by atoms with Gasteiger partial charge >= 0.3 is 0 Å². The standard InChI is InChI=1S/C25H25NO/c1-3-20-14-16-22(17-15-20)19(2)26-25(27)24(23-12-8-5-9-13-23)18-21-10-6-4-7-11-21/h4-19H,3H2,1-2H3,(H,26,27)/b24-18+. The molecule has 0 saturated carbocycles. The summed E-state index contributed by atoms with van der Waals surface area (Å²) in [6, 6.07) is 28.1. The lowest BCUT2D eigenvalue weighted by atomic mass is 10.0. The number of hydrogen-bond acceptors (Lipinski definition) is 1. The van der Waals surface area contributed by atoms with Crippen molar-refractivity contribution in [3.63, 3.8) is 0 Å². The topological polar surface area (TPSA) is 29.1 Å². The van der Waals surface area contributed by atoms with E-state index in [-0.39, 0.29) is 11.9 Å². The third-order valence-electron chi connectivity index (χ3n) is 4.68.